The lowest BCUT2D eigenvalue weighted by Gasteiger charge is -2.10. The molecule has 0 unspecified atom stereocenters. The van der Waals surface area contributed by atoms with Crippen molar-refractivity contribution in [3.05, 3.63) is 65.2 Å². The SMILES string of the molecule is COC(=O)c1ccc(CS(=O)(=O)NCCCc2ccc(OC(C)C)cc2)cc1. The Morgan fingerprint density at radius 3 is 2.18 bits per heavy atom. The second-order valence-electron chi connectivity index (χ2n) is 6.76. The molecule has 0 bridgehead atoms. The predicted molar refractivity (Wildman–Crippen MR) is 109 cm³/mol. The normalized spacial score (nSPS) is 11.4. The topological polar surface area (TPSA) is 81.7 Å². The Bertz CT molecular complexity index is 859. The van der Waals surface area contributed by atoms with Crippen LogP contribution < -0.4 is 9.46 Å². The molecule has 0 spiro atoms. The lowest BCUT2D eigenvalue weighted by molar-refractivity contribution is 0.0600. The number of carbonyl (C=O) groups excluding carboxylic acids is 1. The van der Waals surface area contributed by atoms with Gasteiger partial charge in [-0.25, -0.2) is 17.9 Å². The zero-order chi connectivity index (χ0) is 20.6. The van der Waals surface area contributed by atoms with Crippen molar-refractivity contribution in [2.45, 2.75) is 38.5 Å². The summed E-state index contributed by atoms with van der Waals surface area (Å²) in [5, 5.41) is 0. The molecule has 2 aromatic carbocycles. The number of esters is 1. The molecule has 7 heteroatoms. The molecule has 0 atom stereocenters. The predicted octanol–water partition coefficient (Wildman–Crippen LogP) is 3.31. The largest absolute Gasteiger partial charge is 0.491 e. The number of benzene rings is 2. The molecule has 0 heterocycles. The number of nitrogens with one attached hydrogen (secondary N) is 1. The molecule has 0 aliphatic rings. The van der Waals surface area contributed by atoms with E-state index in [0.717, 1.165) is 17.7 Å². The van der Waals surface area contributed by atoms with E-state index in [4.69, 9.17) is 4.74 Å². The summed E-state index contributed by atoms with van der Waals surface area (Å²) in [6.45, 7) is 4.33. The first-order chi connectivity index (χ1) is 13.3. The highest BCUT2D eigenvalue weighted by Gasteiger charge is 2.12. The summed E-state index contributed by atoms with van der Waals surface area (Å²) in [5.74, 6) is 0.254. The van der Waals surface area contributed by atoms with Gasteiger partial charge >= 0.3 is 5.97 Å². The summed E-state index contributed by atoms with van der Waals surface area (Å²) in [4.78, 5) is 11.4. The standard InChI is InChI=1S/C21H27NO5S/c1-16(2)27-20-12-8-17(9-13-20)5-4-14-22-28(24,25)15-18-6-10-19(11-7-18)21(23)26-3/h6-13,16,22H,4-5,14-15H2,1-3H3. The Morgan fingerprint density at radius 2 is 1.61 bits per heavy atom. The molecule has 152 valence electrons. The van der Waals surface area contributed by atoms with E-state index in [9.17, 15) is 13.2 Å². The van der Waals surface area contributed by atoms with Crippen molar-refractivity contribution < 1.29 is 22.7 Å². The first kappa shape index (κ1) is 21.9. The van der Waals surface area contributed by atoms with Gasteiger partial charge in [0.05, 0.1) is 24.5 Å². The van der Waals surface area contributed by atoms with E-state index in [0.29, 0.717) is 24.1 Å². The molecule has 0 fully saturated rings. The molecule has 1 N–H and O–H groups in total. The fourth-order valence-corrected chi connectivity index (χ4v) is 3.84. The summed E-state index contributed by atoms with van der Waals surface area (Å²) in [7, 11) is -2.13. The summed E-state index contributed by atoms with van der Waals surface area (Å²) in [6, 6.07) is 14.2. The van der Waals surface area contributed by atoms with Crippen LogP contribution >= 0.6 is 0 Å². The van der Waals surface area contributed by atoms with E-state index < -0.39 is 16.0 Å². The number of carbonyl (C=O) groups is 1. The Kier molecular flexibility index (Phi) is 8.02. The summed E-state index contributed by atoms with van der Waals surface area (Å²) in [5.41, 5.74) is 2.14. The third kappa shape index (κ3) is 7.32. The monoisotopic (exact) mass is 405 g/mol. The molecule has 2 rings (SSSR count). The Balaban J connectivity index is 1.77. The fourth-order valence-electron chi connectivity index (χ4n) is 2.65. The van der Waals surface area contributed by atoms with Crippen molar-refractivity contribution in [2.75, 3.05) is 13.7 Å². The van der Waals surface area contributed by atoms with E-state index in [-0.39, 0.29) is 11.9 Å². The molecule has 0 radical (unpaired) electrons. The van der Waals surface area contributed by atoms with Crippen molar-refractivity contribution in [1.29, 1.82) is 0 Å². The van der Waals surface area contributed by atoms with Gasteiger partial charge in [-0.3, -0.25) is 0 Å². The first-order valence-corrected chi connectivity index (χ1v) is 10.8. The second kappa shape index (κ2) is 10.2. The quantitative estimate of drug-likeness (QED) is 0.484. The number of hydrogen-bond acceptors (Lipinski definition) is 5. The van der Waals surface area contributed by atoms with Gasteiger partial charge in [-0.05, 0) is 62.1 Å². The molecule has 0 aliphatic carbocycles. The minimum atomic E-state index is -3.43. The van der Waals surface area contributed by atoms with E-state index in [1.807, 2.05) is 38.1 Å². The summed E-state index contributed by atoms with van der Waals surface area (Å²) >= 11 is 0. The van der Waals surface area contributed by atoms with Crippen LogP contribution in [0.15, 0.2) is 48.5 Å². The lowest BCUT2D eigenvalue weighted by atomic mass is 10.1. The second-order valence-corrected chi connectivity index (χ2v) is 8.56. The minimum absolute atomic E-state index is 0.129. The van der Waals surface area contributed by atoms with E-state index in [1.54, 1.807) is 24.3 Å². The van der Waals surface area contributed by atoms with E-state index in [2.05, 4.69) is 9.46 Å². The third-order valence-electron chi connectivity index (χ3n) is 3.99. The van der Waals surface area contributed by atoms with Crippen LogP contribution in [0.2, 0.25) is 0 Å². The van der Waals surface area contributed by atoms with Crippen LogP contribution in [-0.4, -0.2) is 34.1 Å². The van der Waals surface area contributed by atoms with Gasteiger partial charge in [0.25, 0.3) is 0 Å². The van der Waals surface area contributed by atoms with Crippen LogP contribution in [0, 0.1) is 0 Å². The van der Waals surface area contributed by atoms with Gasteiger partial charge in [0, 0.05) is 6.54 Å². The Hall–Kier alpha value is -2.38. The first-order valence-electron chi connectivity index (χ1n) is 9.19. The average Bonchev–Trinajstić information content (AvgIpc) is 2.66. The molecule has 0 aromatic heterocycles. The highest BCUT2D eigenvalue weighted by atomic mass is 32.2. The number of ether oxygens (including phenoxy) is 2. The Morgan fingerprint density at radius 1 is 1.00 bits per heavy atom. The summed E-state index contributed by atoms with van der Waals surface area (Å²) < 4.78 is 37.3. The number of rotatable bonds is 10. The molecule has 28 heavy (non-hydrogen) atoms. The van der Waals surface area contributed by atoms with Gasteiger partial charge in [-0.2, -0.15) is 0 Å². The number of aryl methyl sites for hydroxylation is 1. The van der Waals surface area contributed by atoms with Crippen LogP contribution in [0.3, 0.4) is 0 Å². The average molecular weight is 406 g/mol. The zero-order valence-electron chi connectivity index (χ0n) is 16.5. The molecule has 6 nitrogen and oxygen atoms in total. The number of hydrogen-bond donors (Lipinski definition) is 1. The van der Waals surface area contributed by atoms with E-state index in [1.165, 1.54) is 7.11 Å². The molecular weight excluding hydrogens is 378 g/mol. The minimum Gasteiger partial charge on any atom is -0.491 e. The molecule has 2 aromatic rings. The van der Waals surface area contributed by atoms with Gasteiger partial charge in [-0.15, -0.1) is 0 Å². The van der Waals surface area contributed by atoms with Crippen LogP contribution in [0.5, 0.6) is 5.75 Å². The third-order valence-corrected chi connectivity index (χ3v) is 5.35. The van der Waals surface area contributed by atoms with Gasteiger partial charge in [-0.1, -0.05) is 24.3 Å². The van der Waals surface area contributed by atoms with Crippen LogP contribution in [0.1, 0.15) is 41.8 Å². The highest BCUT2D eigenvalue weighted by molar-refractivity contribution is 7.88. The van der Waals surface area contributed by atoms with Gasteiger partial charge in [0.15, 0.2) is 0 Å². The molecule has 0 amide bonds. The maximum Gasteiger partial charge on any atom is 0.337 e. The fraction of sp³-hybridized carbons (Fsp3) is 0.381. The maximum atomic E-state index is 12.2. The van der Waals surface area contributed by atoms with Gasteiger partial charge in [0.1, 0.15) is 5.75 Å². The number of methoxy groups -OCH3 is 1. The van der Waals surface area contributed by atoms with Crippen molar-refractivity contribution in [1.82, 2.24) is 4.72 Å². The zero-order valence-corrected chi connectivity index (χ0v) is 17.3. The lowest BCUT2D eigenvalue weighted by Crippen LogP contribution is -2.26. The van der Waals surface area contributed by atoms with Crippen LogP contribution in [0.25, 0.3) is 0 Å². The summed E-state index contributed by atoms with van der Waals surface area (Å²) in [6.07, 6.45) is 1.61. The van der Waals surface area contributed by atoms with Crippen molar-refractivity contribution in [3.63, 3.8) is 0 Å². The van der Waals surface area contributed by atoms with Crippen molar-refractivity contribution >= 4 is 16.0 Å². The molecule has 0 saturated carbocycles. The number of sulfonamides is 1. The van der Waals surface area contributed by atoms with Crippen LogP contribution in [-0.2, 0) is 26.9 Å². The molecule has 0 aliphatic heterocycles. The van der Waals surface area contributed by atoms with Gasteiger partial charge < -0.3 is 9.47 Å². The smallest absolute Gasteiger partial charge is 0.337 e. The van der Waals surface area contributed by atoms with Crippen molar-refractivity contribution in [3.8, 4) is 5.75 Å². The highest BCUT2D eigenvalue weighted by Crippen LogP contribution is 2.15. The maximum absolute atomic E-state index is 12.2. The molecule has 0 saturated heterocycles. The van der Waals surface area contributed by atoms with E-state index >= 15 is 0 Å². The van der Waals surface area contributed by atoms with Gasteiger partial charge in [0.2, 0.25) is 10.0 Å². The Labute approximate surface area is 166 Å². The van der Waals surface area contributed by atoms with Crippen molar-refractivity contribution in [2.24, 2.45) is 0 Å². The molecular formula is C21H27NO5S. The van der Waals surface area contributed by atoms with Crippen LogP contribution in [0.4, 0.5) is 0 Å².